The molecule has 20 heavy (non-hydrogen) atoms. The van der Waals surface area contributed by atoms with Gasteiger partial charge >= 0.3 is 0 Å². The first-order valence-corrected chi connectivity index (χ1v) is 6.57. The fraction of sp³-hybridized carbons (Fsp3) is 0.200. The van der Waals surface area contributed by atoms with Crippen molar-refractivity contribution in [3.63, 3.8) is 0 Å². The molecule has 0 atom stereocenters. The monoisotopic (exact) mass is 268 g/mol. The third-order valence-corrected chi connectivity index (χ3v) is 3.39. The molecule has 2 aromatic heterocycles. The lowest BCUT2D eigenvalue weighted by Crippen LogP contribution is -2.00. The number of anilines is 2. The molecule has 5 heteroatoms. The zero-order chi connectivity index (χ0) is 14.1. The third kappa shape index (κ3) is 2.07. The van der Waals surface area contributed by atoms with E-state index in [1.54, 1.807) is 6.07 Å². The molecule has 1 aromatic carbocycles. The summed E-state index contributed by atoms with van der Waals surface area (Å²) in [7, 11) is 0. The second-order valence-corrected chi connectivity index (χ2v) is 4.72. The predicted octanol–water partition coefficient (Wildman–Crippen LogP) is 3.05. The smallest absolute Gasteiger partial charge is 0.158 e. The predicted molar refractivity (Wildman–Crippen MR) is 78.5 cm³/mol. The first-order valence-electron chi connectivity index (χ1n) is 6.57. The molecule has 3 rings (SSSR count). The van der Waals surface area contributed by atoms with Gasteiger partial charge in [0.05, 0.1) is 0 Å². The van der Waals surface area contributed by atoms with Crippen molar-refractivity contribution < 1.29 is 5.11 Å². The fourth-order valence-electron chi connectivity index (χ4n) is 2.22. The van der Waals surface area contributed by atoms with Gasteiger partial charge in [-0.25, -0.2) is 9.50 Å². The van der Waals surface area contributed by atoms with Gasteiger partial charge in [-0.15, -0.1) is 0 Å². The van der Waals surface area contributed by atoms with Gasteiger partial charge in [0.15, 0.2) is 5.82 Å². The molecule has 0 aliphatic carbocycles. The number of phenols is 1. The summed E-state index contributed by atoms with van der Waals surface area (Å²) in [4.78, 5) is 4.31. The lowest BCUT2D eigenvalue weighted by molar-refractivity contribution is 0.471. The average Bonchev–Trinajstić information content (AvgIpc) is 2.87. The van der Waals surface area contributed by atoms with Crippen LogP contribution in [0.1, 0.15) is 18.1 Å². The highest BCUT2D eigenvalue weighted by Crippen LogP contribution is 2.26. The molecule has 0 amide bonds. The van der Waals surface area contributed by atoms with Gasteiger partial charge < -0.3 is 10.4 Å². The van der Waals surface area contributed by atoms with Crippen LogP contribution in [0.25, 0.3) is 5.52 Å². The molecule has 0 aliphatic rings. The quantitative estimate of drug-likeness (QED) is 0.766. The number of nitrogens with one attached hydrogen (secondary N) is 1. The van der Waals surface area contributed by atoms with E-state index in [4.69, 9.17) is 0 Å². The molecule has 0 bridgehead atoms. The lowest BCUT2D eigenvalue weighted by Gasteiger charge is -2.09. The van der Waals surface area contributed by atoms with E-state index >= 15 is 0 Å². The van der Waals surface area contributed by atoms with Gasteiger partial charge in [-0.05, 0) is 36.6 Å². The Labute approximate surface area is 116 Å². The van der Waals surface area contributed by atoms with Gasteiger partial charge in [-0.2, -0.15) is 5.10 Å². The molecule has 0 saturated carbocycles. The minimum absolute atomic E-state index is 0.270. The van der Waals surface area contributed by atoms with Gasteiger partial charge in [0.25, 0.3) is 0 Å². The number of hydrogen-bond acceptors (Lipinski definition) is 4. The minimum Gasteiger partial charge on any atom is -0.508 e. The number of phenolic OH excluding ortho intramolecular Hbond substituents is 1. The molecule has 2 heterocycles. The molecule has 3 aromatic rings. The van der Waals surface area contributed by atoms with E-state index in [2.05, 4.69) is 22.3 Å². The van der Waals surface area contributed by atoms with Crippen molar-refractivity contribution in [1.29, 1.82) is 0 Å². The molecule has 0 fully saturated rings. The van der Waals surface area contributed by atoms with Crippen molar-refractivity contribution in [3.05, 3.63) is 47.9 Å². The Bertz CT molecular complexity index is 764. The lowest BCUT2D eigenvalue weighted by atomic mass is 10.2. The molecule has 0 spiro atoms. The molecule has 0 saturated heterocycles. The molecule has 0 radical (unpaired) electrons. The maximum atomic E-state index is 9.77. The Morgan fingerprint density at radius 3 is 2.90 bits per heavy atom. The average molecular weight is 268 g/mol. The van der Waals surface area contributed by atoms with Crippen LogP contribution >= 0.6 is 0 Å². The largest absolute Gasteiger partial charge is 0.508 e. The van der Waals surface area contributed by atoms with Crippen molar-refractivity contribution in [3.8, 4) is 5.75 Å². The second kappa shape index (κ2) is 4.85. The van der Waals surface area contributed by atoms with Crippen LogP contribution in [0.5, 0.6) is 5.75 Å². The topological polar surface area (TPSA) is 62.5 Å². The van der Waals surface area contributed by atoms with Gasteiger partial charge in [0, 0.05) is 18.0 Å². The first-order chi connectivity index (χ1) is 9.69. The molecular weight excluding hydrogens is 252 g/mol. The highest BCUT2D eigenvalue weighted by Gasteiger charge is 2.09. The maximum absolute atomic E-state index is 9.77. The molecule has 102 valence electrons. The van der Waals surface area contributed by atoms with Crippen LogP contribution in [-0.4, -0.2) is 19.7 Å². The fourth-order valence-corrected chi connectivity index (χ4v) is 2.22. The summed E-state index contributed by atoms with van der Waals surface area (Å²) in [5.74, 6) is 1.01. The summed E-state index contributed by atoms with van der Waals surface area (Å²) >= 11 is 0. The van der Waals surface area contributed by atoms with E-state index < -0.39 is 0 Å². The summed E-state index contributed by atoms with van der Waals surface area (Å²) < 4.78 is 1.81. The molecule has 2 N–H and O–H groups in total. The van der Waals surface area contributed by atoms with E-state index in [0.29, 0.717) is 0 Å². The Kier molecular flexibility index (Phi) is 3.02. The van der Waals surface area contributed by atoms with Crippen molar-refractivity contribution >= 4 is 17.0 Å². The van der Waals surface area contributed by atoms with Crippen LogP contribution in [0, 0.1) is 6.92 Å². The molecule has 0 aliphatic heterocycles. The van der Waals surface area contributed by atoms with Crippen molar-refractivity contribution in [2.75, 3.05) is 5.32 Å². The second-order valence-electron chi connectivity index (χ2n) is 4.72. The zero-order valence-electron chi connectivity index (χ0n) is 11.5. The Balaban J connectivity index is 2.05. The zero-order valence-corrected chi connectivity index (χ0v) is 11.5. The number of hydrogen-bond donors (Lipinski definition) is 2. The van der Waals surface area contributed by atoms with Gasteiger partial charge in [-0.3, -0.25) is 0 Å². The van der Waals surface area contributed by atoms with Crippen LogP contribution in [0.15, 0.2) is 36.8 Å². The number of benzene rings is 1. The summed E-state index contributed by atoms with van der Waals surface area (Å²) in [6.07, 6.45) is 4.36. The van der Waals surface area contributed by atoms with E-state index in [-0.39, 0.29) is 5.75 Å². The van der Waals surface area contributed by atoms with Crippen LogP contribution < -0.4 is 5.32 Å². The Hall–Kier alpha value is -2.56. The molecule has 5 nitrogen and oxygen atoms in total. The van der Waals surface area contributed by atoms with Crippen molar-refractivity contribution in [2.24, 2.45) is 0 Å². The van der Waals surface area contributed by atoms with Crippen LogP contribution in [0.2, 0.25) is 0 Å². The van der Waals surface area contributed by atoms with Gasteiger partial charge in [0.2, 0.25) is 0 Å². The number of aryl methyl sites for hydroxylation is 2. The highest BCUT2D eigenvalue weighted by molar-refractivity contribution is 5.76. The number of nitrogens with zero attached hydrogens (tertiary/aromatic N) is 3. The number of fused-ring (bicyclic) bond motifs is 1. The molecular formula is C15H16N4O. The van der Waals surface area contributed by atoms with Crippen LogP contribution in [0.3, 0.4) is 0 Å². The Morgan fingerprint density at radius 2 is 2.15 bits per heavy atom. The maximum Gasteiger partial charge on any atom is 0.158 e. The summed E-state index contributed by atoms with van der Waals surface area (Å²) in [6.45, 7) is 3.97. The minimum atomic E-state index is 0.270. The van der Waals surface area contributed by atoms with Crippen LogP contribution in [0.4, 0.5) is 11.5 Å². The standard InChI is InChI=1S/C15H16N4O/c1-3-11-6-7-19-14(11)15(16-9-17-19)18-12-5-4-10(2)13(20)8-12/h4-9,20H,3H2,1-2H3,(H,16,17,18). The number of rotatable bonds is 3. The van der Waals surface area contributed by atoms with Crippen molar-refractivity contribution in [2.45, 2.75) is 20.3 Å². The van der Waals surface area contributed by atoms with E-state index in [1.165, 1.54) is 11.9 Å². The summed E-state index contributed by atoms with van der Waals surface area (Å²) in [5.41, 5.74) is 3.80. The van der Waals surface area contributed by atoms with Crippen molar-refractivity contribution in [1.82, 2.24) is 14.6 Å². The molecule has 0 unspecified atom stereocenters. The van der Waals surface area contributed by atoms with Gasteiger partial charge in [-0.1, -0.05) is 13.0 Å². The normalized spacial score (nSPS) is 10.9. The van der Waals surface area contributed by atoms with Gasteiger partial charge in [0.1, 0.15) is 17.6 Å². The number of aromatic nitrogens is 3. The van der Waals surface area contributed by atoms with E-state index in [1.807, 2.05) is 35.8 Å². The highest BCUT2D eigenvalue weighted by atomic mass is 16.3. The van der Waals surface area contributed by atoms with E-state index in [9.17, 15) is 5.11 Å². The summed E-state index contributed by atoms with van der Waals surface area (Å²) in [5, 5.41) is 17.2. The Morgan fingerprint density at radius 1 is 1.30 bits per heavy atom. The SMILES string of the molecule is CCc1ccn2ncnc(Nc3ccc(C)c(O)c3)c12. The van der Waals surface area contributed by atoms with E-state index in [0.717, 1.165) is 29.0 Å². The number of aromatic hydroxyl groups is 1. The summed E-state index contributed by atoms with van der Waals surface area (Å²) in [6, 6.07) is 7.53. The third-order valence-electron chi connectivity index (χ3n) is 3.39. The first kappa shape index (κ1) is 12.5. The van der Waals surface area contributed by atoms with Crippen LogP contribution in [-0.2, 0) is 6.42 Å².